The average molecular weight is 658 g/mol. The van der Waals surface area contributed by atoms with Crippen LogP contribution in [-0.4, -0.2) is 59.7 Å². The zero-order valence-electron chi connectivity index (χ0n) is 18.9. The molecular formula is C19H12F22. The fraction of sp³-hybridized carbons (Fsp3) is 0.895. The number of halogens is 22. The van der Waals surface area contributed by atoms with Gasteiger partial charge in [-0.3, -0.25) is 0 Å². The summed E-state index contributed by atoms with van der Waals surface area (Å²) in [4.78, 5) is 0. The topological polar surface area (TPSA) is 0 Å². The predicted octanol–water partition coefficient (Wildman–Crippen LogP) is 9.41. The van der Waals surface area contributed by atoms with Gasteiger partial charge < -0.3 is 0 Å². The molecule has 2 rings (SSSR count). The van der Waals surface area contributed by atoms with Crippen LogP contribution in [0.2, 0.25) is 0 Å². The van der Waals surface area contributed by atoms with Gasteiger partial charge in [-0.05, 0) is 30.1 Å². The lowest BCUT2D eigenvalue weighted by Gasteiger charge is -2.41. The molecular weight excluding hydrogens is 646 g/mol. The molecule has 242 valence electrons. The number of rotatable bonds is 10. The molecule has 0 aromatic heterocycles. The normalized spacial score (nSPS) is 25.8. The standard InChI is InChI=1S/C19H12F22/c20-10(21,12(24,25)14(28,29)16(32,33)18(36,37)38)4-8-6-1-2-7(3-6)9(8)5-11(22,23)13(26,27)15(30,31)17(34,35)19(39,40)41/h1-2,6-9H,3-5H2. The van der Waals surface area contributed by atoms with Crippen molar-refractivity contribution in [2.24, 2.45) is 23.7 Å². The third-order valence-electron chi connectivity index (χ3n) is 6.99. The van der Waals surface area contributed by atoms with Crippen molar-refractivity contribution in [1.29, 1.82) is 0 Å². The van der Waals surface area contributed by atoms with Crippen LogP contribution in [0, 0.1) is 23.7 Å². The van der Waals surface area contributed by atoms with Gasteiger partial charge in [0.05, 0.1) is 0 Å². The van der Waals surface area contributed by atoms with Gasteiger partial charge in [0.15, 0.2) is 0 Å². The van der Waals surface area contributed by atoms with Crippen molar-refractivity contribution < 1.29 is 96.6 Å². The number of hydrogen-bond acceptors (Lipinski definition) is 0. The third-order valence-corrected chi connectivity index (χ3v) is 6.99. The van der Waals surface area contributed by atoms with Crippen LogP contribution in [0.1, 0.15) is 19.3 Å². The second-order valence-electron chi connectivity index (χ2n) is 9.54. The van der Waals surface area contributed by atoms with Crippen molar-refractivity contribution in [3.63, 3.8) is 0 Å². The molecule has 41 heavy (non-hydrogen) atoms. The summed E-state index contributed by atoms with van der Waals surface area (Å²) in [5.74, 6) is -69.3. The van der Waals surface area contributed by atoms with E-state index in [1.165, 1.54) is 0 Å². The van der Waals surface area contributed by atoms with Crippen LogP contribution < -0.4 is 0 Å². The molecule has 0 spiro atoms. The zero-order valence-corrected chi connectivity index (χ0v) is 18.9. The molecule has 0 radical (unpaired) electrons. The summed E-state index contributed by atoms with van der Waals surface area (Å²) < 4.78 is 292. The minimum absolute atomic E-state index is 0.672. The zero-order chi connectivity index (χ0) is 32.8. The molecule has 4 unspecified atom stereocenters. The monoisotopic (exact) mass is 658 g/mol. The Labute approximate surface area is 212 Å². The molecule has 0 nitrogen and oxygen atoms in total. The molecule has 1 saturated carbocycles. The van der Waals surface area contributed by atoms with E-state index in [4.69, 9.17) is 0 Å². The van der Waals surface area contributed by atoms with Crippen LogP contribution in [0.15, 0.2) is 12.2 Å². The van der Waals surface area contributed by atoms with Gasteiger partial charge in [-0.2, -0.15) is 96.6 Å². The van der Waals surface area contributed by atoms with Crippen LogP contribution in [0.5, 0.6) is 0 Å². The molecule has 22 heteroatoms. The highest BCUT2D eigenvalue weighted by Crippen LogP contribution is 2.64. The lowest BCUT2D eigenvalue weighted by Crippen LogP contribution is -2.67. The van der Waals surface area contributed by atoms with Gasteiger partial charge >= 0.3 is 59.7 Å². The van der Waals surface area contributed by atoms with Crippen LogP contribution in [-0.2, 0) is 0 Å². The quantitative estimate of drug-likeness (QED) is 0.162. The number of hydrogen-bond donors (Lipinski definition) is 0. The van der Waals surface area contributed by atoms with E-state index in [0.29, 0.717) is 12.2 Å². The smallest absolute Gasteiger partial charge is 0.200 e. The average Bonchev–Trinajstić information content (AvgIpc) is 3.33. The molecule has 1 fully saturated rings. The largest absolute Gasteiger partial charge is 0.460 e. The Morgan fingerprint density at radius 3 is 0.829 bits per heavy atom. The molecule has 2 aliphatic rings. The lowest BCUT2D eigenvalue weighted by molar-refractivity contribution is -0.425. The summed E-state index contributed by atoms with van der Waals surface area (Å²) in [6, 6.07) is 0. The predicted molar refractivity (Wildman–Crippen MR) is 88.6 cm³/mol. The van der Waals surface area contributed by atoms with Gasteiger partial charge in [0.25, 0.3) is 0 Å². The number of allylic oxidation sites excluding steroid dienone is 2. The van der Waals surface area contributed by atoms with E-state index in [1.54, 1.807) is 0 Å². The van der Waals surface area contributed by atoms with Crippen LogP contribution in [0.4, 0.5) is 96.6 Å². The SMILES string of the molecule is FC(F)(F)C(F)(F)C(F)(F)C(F)(F)C(F)(F)CC1C2C=CC(C2)C1CC(F)(F)C(F)(F)C(F)(F)C(F)(F)C(F)(F)F. The van der Waals surface area contributed by atoms with Crippen molar-refractivity contribution in [3.05, 3.63) is 12.2 Å². The van der Waals surface area contributed by atoms with E-state index in [9.17, 15) is 96.6 Å². The minimum atomic E-state index is -7.92. The molecule has 2 bridgehead atoms. The highest BCUT2D eigenvalue weighted by atomic mass is 19.4. The molecule has 0 aromatic rings. The molecule has 0 heterocycles. The fourth-order valence-electron chi connectivity index (χ4n) is 4.69. The second kappa shape index (κ2) is 9.35. The van der Waals surface area contributed by atoms with Crippen LogP contribution >= 0.6 is 0 Å². The van der Waals surface area contributed by atoms with Crippen LogP contribution in [0.3, 0.4) is 0 Å². The van der Waals surface area contributed by atoms with Gasteiger partial charge in [0, 0.05) is 12.8 Å². The Balaban J connectivity index is 2.47. The van der Waals surface area contributed by atoms with Gasteiger partial charge in [-0.15, -0.1) is 0 Å². The molecule has 0 amide bonds. The summed E-state index contributed by atoms with van der Waals surface area (Å²) in [5.41, 5.74) is 0. The first kappa shape index (κ1) is 35.4. The van der Waals surface area contributed by atoms with Crippen molar-refractivity contribution in [2.75, 3.05) is 0 Å². The maximum atomic E-state index is 14.3. The van der Waals surface area contributed by atoms with E-state index in [-0.39, 0.29) is 0 Å². The maximum absolute atomic E-state index is 14.3. The van der Waals surface area contributed by atoms with Crippen molar-refractivity contribution in [1.82, 2.24) is 0 Å². The molecule has 2 aliphatic carbocycles. The molecule has 0 N–H and O–H groups in total. The van der Waals surface area contributed by atoms with Crippen molar-refractivity contribution >= 4 is 0 Å². The maximum Gasteiger partial charge on any atom is 0.460 e. The highest BCUT2D eigenvalue weighted by Gasteiger charge is 2.88. The molecule has 4 atom stereocenters. The van der Waals surface area contributed by atoms with E-state index in [0.717, 1.165) is 0 Å². The lowest BCUT2D eigenvalue weighted by atomic mass is 9.74. The Morgan fingerprint density at radius 2 is 0.610 bits per heavy atom. The molecule has 0 aliphatic heterocycles. The van der Waals surface area contributed by atoms with Gasteiger partial charge in [-0.1, -0.05) is 12.2 Å². The Bertz CT molecular complexity index is 919. The third kappa shape index (κ3) is 4.89. The summed E-state index contributed by atoms with van der Waals surface area (Å²) in [7, 11) is 0. The summed E-state index contributed by atoms with van der Waals surface area (Å²) in [5, 5.41) is 0. The van der Waals surface area contributed by atoms with E-state index in [1.807, 2.05) is 0 Å². The Morgan fingerprint density at radius 1 is 0.366 bits per heavy atom. The van der Waals surface area contributed by atoms with E-state index in [2.05, 4.69) is 0 Å². The first-order chi connectivity index (χ1) is 17.7. The van der Waals surface area contributed by atoms with Crippen LogP contribution in [0.25, 0.3) is 0 Å². The fourth-order valence-corrected chi connectivity index (χ4v) is 4.69. The van der Waals surface area contributed by atoms with Crippen molar-refractivity contribution in [2.45, 2.75) is 79.0 Å². The number of fused-ring (bicyclic) bond motifs is 2. The second-order valence-corrected chi connectivity index (χ2v) is 9.54. The molecule has 0 aromatic carbocycles. The number of alkyl halides is 22. The first-order valence-corrected chi connectivity index (χ1v) is 10.5. The first-order valence-electron chi connectivity index (χ1n) is 10.5. The van der Waals surface area contributed by atoms with E-state index < -0.39 is 103 Å². The Hall–Kier alpha value is -1.80. The van der Waals surface area contributed by atoms with Gasteiger partial charge in [0.1, 0.15) is 0 Å². The molecule has 0 saturated heterocycles. The summed E-state index contributed by atoms with van der Waals surface area (Å²) >= 11 is 0. The summed E-state index contributed by atoms with van der Waals surface area (Å²) in [6.07, 6.45) is -20.6. The van der Waals surface area contributed by atoms with Crippen molar-refractivity contribution in [3.8, 4) is 0 Å². The summed E-state index contributed by atoms with van der Waals surface area (Å²) in [6.45, 7) is 0. The minimum Gasteiger partial charge on any atom is -0.200 e. The highest BCUT2D eigenvalue weighted by molar-refractivity contribution is 5.17. The Kier molecular flexibility index (Phi) is 8.07. The van der Waals surface area contributed by atoms with E-state index >= 15 is 0 Å². The van der Waals surface area contributed by atoms with Gasteiger partial charge in [-0.25, -0.2) is 0 Å². The van der Waals surface area contributed by atoms with Gasteiger partial charge in [0.2, 0.25) is 0 Å².